The summed E-state index contributed by atoms with van der Waals surface area (Å²) in [4.78, 5) is 14.2. The molecule has 2 amide bonds. The molecule has 0 radical (unpaired) electrons. The zero-order valence-corrected chi connectivity index (χ0v) is 13.1. The van der Waals surface area contributed by atoms with Crippen LogP contribution < -0.4 is 10.6 Å². The van der Waals surface area contributed by atoms with E-state index in [1.54, 1.807) is 12.1 Å². The molecule has 0 spiro atoms. The van der Waals surface area contributed by atoms with E-state index in [-0.39, 0.29) is 11.8 Å². The molecule has 0 saturated carbocycles. The number of carbonyl (C=O) groups is 1. The Kier molecular flexibility index (Phi) is 6.15. The van der Waals surface area contributed by atoms with Crippen LogP contribution in [0.25, 0.3) is 0 Å². The van der Waals surface area contributed by atoms with E-state index in [2.05, 4.69) is 29.4 Å². The van der Waals surface area contributed by atoms with Gasteiger partial charge in [0.25, 0.3) is 0 Å². The molecule has 1 atom stereocenters. The van der Waals surface area contributed by atoms with Crippen molar-refractivity contribution in [2.75, 3.05) is 38.1 Å². The van der Waals surface area contributed by atoms with Crippen molar-refractivity contribution in [3.05, 3.63) is 30.1 Å². The third-order valence-corrected chi connectivity index (χ3v) is 3.46. The number of benzene rings is 1. The summed E-state index contributed by atoms with van der Waals surface area (Å²) in [5, 5.41) is 5.23. The summed E-state index contributed by atoms with van der Waals surface area (Å²) in [5.41, 5.74) is 0.172. The van der Waals surface area contributed by atoms with Gasteiger partial charge in [-0.15, -0.1) is 0 Å². The number of morpholine rings is 1. The Labute approximate surface area is 130 Å². The largest absolute Gasteiger partial charge is 0.374 e. The third kappa shape index (κ3) is 5.27. The van der Waals surface area contributed by atoms with E-state index < -0.39 is 11.8 Å². The molecule has 0 bridgehead atoms. The average Bonchev–Trinajstić information content (AvgIpc) is 2.47. The van der Waals surface area contributed by atoms with Crippen molar-refractivity contribution in [3.8, 4) is 0 Å². The summed E-state index contributed by atoms with van der Waals surface area (Å²) in [5.74, 6) is 0.158. The lowest BCUT2D eigenvalue weighted by molar-refractivity contribution is -0.0288. The summed E-state index contributed by atoms with van der Waals surface area (Å²) in [6, 6.07) is 5.67. The lowest BCUT2D eigenvalue weighted by atomic mass is 10.2. The van der Waals surface area contributed by atoms with Crippen LogP contribution in [0.5, 0.6) is 0 Å². The van der Waals surface area contributed by atoms with Gasteiger partial charge in [-0.05, 0) is 18.1 Å². The van der Waals surface area contributed by atoms with Gasteiger partial charge in [0.15, 0.2) is 0 Å². The highest BCUT2D eigenvalue weighted by Crippen LogP contribution is 2.12. The van der Waals surface area contributed by atoms with E-state index in [1.165, 1.54) is 12.1 Å². The van der Waals surface area contributed by atoms with Gasteiger partial charge in [0.2, 0.25) is 0 Å². The summed E-state index contributed by atoms with van der Waals surface area (Å²) in [6.45, 7) is 8.22. The topological polar surface area (TPSA) is 53.6 Å². The first-order valence-electron chi connectivity index (χ1n) is 7.68. The summed E-state index contributed by atoms with van der Waals surface area (Å²) < 4.78 is 19.1. The Balaban J connectivity index is 1.75. The van der Waals surface area contributed by atoms with Crippen LogP contribution in [0, 0.1) is 11.7 Å². The first-order valence-corrected chi connectivity index (χ1v) is 7.68. The van der Waals surface area contributed by atoms with Crippen LogP contribution in [0.3, 0.4) is 0 Å². The van der Waals surface area contributed by atoms with Gasteiger partial charge in [-0.1, -0.05) is 26.0 Å². The number of anilines is 1. The molecular formula is C16H24FN3O2. The molecule has 1 heterocycles. The van der Waals surface area contributed by atoms with Crippen molar-refractivity contribution >= 4 is 11.7 Å². The van der Waals surface area contributed by atoms with Gasteiger partial charge in [-0.3, -0.25) is 4.90 Å². The molecule has 2 N–H and O–H groups in total. The second kappa shape index (κ2) is 8.10. The van der Waals surface area contributed by atoms with Crippen LogP contribution in [0.15, 0.2) is 24.3 Å². The lowest BCUT2D eigenvalue weighted by Gasteiger charge is -2.33. The van der Waals surface area contributed by atoms with Gasteiger partial charge in [0.05, 0.1) is 18.4 Å². The molecular weight excluding hydrogens is 285 g/mol. The molecule has 1 aliphatic rings. The van der Waals surface area contributed by atoms with E-state index in [1.807, 2.05) is 0 Å². The molecule has 1 fully saturated rings. The quantitative estimate of drug-likeness (QED) is 0.877. The number of ether oxygens (including phenoxy) is 1. The van der Waals surface area contributed by atoms with Gasteiger partial charge < -0.3 is 15.4 Å². The van der Waals surface area contributed by atoms with Crippen molar-refractivity contribution in [2.24, 2.45) is 5.92 Å². The van der Waals surface area contributed by atoms with Crippen LogP contribution in [0.1, 0.15) is 13.8 Å². The first kappa shape index (κ1) is 16.7. The molecule has 5 nitrogen and oxygen atoms in total. The van der Waals surface area contributed by atoms with E-state index in [0.717, 1.165) is 19.6 Å². The maximum absolute atomic E-state index is 13.4. The molecule has 0 aromatic heterocycles. The van der Waals surface area contributed by atoms with Crippen LogP contribution >= 0.6 is 0 Å². The van der Waals surface area contributed by atoms with E-state index in [4.69, 9.17) is 4.74 Å². The highest BCUT2D eigenvalue weighted by Gasteiger charge is 2.21. The van der Waals surface area contributed by atoms with E-state index in [0.29, 0.717) is 19.1 Å². The SMILES string of the molecule is CC(C)CN1CCOC(CNC(=O)Nc2ccccc2F)C1. The number of urea groups is 1. The van der Waals surface area contributed by atoms with Crippen molar-refractivity contribution in [1.29, 1.82) is 0 Å². The molecule has 122 valence electrons. The number of halogens is 1. The number of hydrogen-bond donors (Lipinski definition) is 2. The number of carbonyl (C=O) groups excluding carboxylic acids is 1. The maximum atomic E-state index is 13.4. The fraction of sp³-hybridized carbons (Fsp3) is 0.562. The van der Waals surface area contributed by atoms with E-state index >= 15 is 0 Å². The zero-order chi connectivity index (χ0) is 15.9. The highest BCUT2D eigenvalue weighted by atomic mass is 19.1. The predicted molar refractivity (Wildman–Crippen MR) is 84.4 cm³/mol. The molecule has 2 rings (SSSR count). The Morgan fingerprint density at radius 3 is 2.95 bits per heavy atom. The minimum atomic E-state index is -0.449. The molecule has 1 saturated heterocycles. The summed E-state index contributed by atoms with van der Waals surface area (Å²) in [6.07, 6.45) is -0.0288. The number of rotatable bonds is 5. The van der Waals surface area contributed by atoms with Crippen LogP contribution in [-0.2, 0) is 4.74 Å². The number of amides is 2. The van der Waals surface area contributed by atoms with Crippen LogP contribution in [-0.4, -0.2) is 49.8 Å². The van der Waals surface area contributed by atoms with Gasteiger partial charge in [-0.25, -0.2) is 9.18 Å². The van der Waals surface area contributed by atoms with Crippen LogP contribution in [0.4, 0.5) is 14.9 Å². The van der Waals surface area contributed by atoms with Gasteiger partial charge >= 0.3 is 6.03 Å². The molecule has 1 unspecified atom stereocenters. The standard InChI is InChI=1S/C16H24FN3O2/c1-12(2)10-20-7-8-22-13(11-20)9-18-16(21)19-15-6-4-3-5-14(15)17/h3-6,12-13H,7-11H2,1-2H3,(H2,18,19,21). The molecule has 6 heteroatoms. The van der Waals surface area contributed by atoms with E-state index in [9.17, 15) is 9.18 Å². The predicted octanol–water partition coefficient (Wildman–Crippen LogP) is 2.30. The molecule has 1 aromatic rings. The smallest absolute Gasteiger partial charge is 0.319 e. The van der Waals surface area contributed by atoms with Gasteiger partial charge in [-0.2, -0.15) is 0 Å². The normalized spacial score (nSPS) is 19.2. The van der Waals surface area contributed by atoms with Crippen molar-refractivity contribution in [1.82, 2.24) is 10.2 Å². The number of para-hydroxylation sites is 1. The molecule has 0 aliphatic carbocycles. The average molecular weight is 309 g/mol. The molecule has 1 aromatic carbocycles. The second-order valence-corrected chi connectivity index (χ2v) is 5.96. The minimum Gasteiger partial charge on any atom is -0.374 e. The van der Waals surface area contributed by atoms with Crippen molar-refractivity contribution in [2.45, 2.75) is 20.0 Å². The van der Waals surface area contributed by atoms with Gasteiger partial charge in [0.1, 0.15) is 5.82 Å². The fourth-order valence-corrected chi connectivity index (χ4v) is 2.52. The Morgan fingerprint density at radius 2 is 2.23 bits per heavy atom. The monoisotopic (exact) mass is 309 g/mol. The lowest BCUT2D eigenvalue weighted by Crippen LogP contribution is -2.48. The number of hydrogen-bond acceptors (Lipinski definition) is 3. The summed E-state index contributed by atoms with van der Waals surface area (Å²) >= 11 is 0. The highest BCUT2D eigenvalue weighted by molar-refractivity contribution is 5.89. The minimum absolute atomic E-state index is 0.0288. The van der Waals surface area contributed by atoms with Crippen LogP contribution in [0.2, 0.25) is 0 Å². The number of nitrogens with one attached hydrogen (secondary N) is 2. The maximum Gasteiger partial charge on any atom is 0.319 e. The first-order chi connectivity index (χ1) is 10.5. The molecule has 1 aliphatic heterocycles. The Hall–Kier alpha value is -1.66. The number of nitrogens with zero attached hydrogens (tertiary/aromatic N) is 1. The Bertz CT molecular complexity index is 496. The fourth-order valence-electron chi connectivity index (χ4n) is 2.52. The second-order valence-electron chi connectivity index (χ2n) is 5.96. The third-order valence-electron chi connectivity index (χ3n) is 3.46. The molecule has 22 heavy (non-hydrogen) atoms. The zero-order valence-electron chi connectivity index (χ0n) is 13.1. The summed E-state index contributed by atoms with van der Waals surface area (Å²) in [7, 11) is 0. The van der Waals surface area contributed by atoms with Gasteiger partial charge in [0, 0.05) is 26.2 Å². The van der Waals surface area contributed by atoms with Crippen molar-refractivity contribution < 1.29 is 13.9 Å². The Morgan fingerprint density at radius 1 is 1.45 bits per heavy atom. The van der Waals surface area contributed by atoms with Crippen molar-refractivity contribution in [3.63, 3.8) is 0 Å².